The van der Waals surface area contributed by atoms with Crippen molar-refractivity contribution in [3.05, 3.63) is 28.8 Å². The standard InChI is InChI=1S/C10H12ClNO4S/c1-7-3-4-8(11)5-9(7)12(6-10(13)14)17(2,15)16/h3-5H,6H2,1-2H3,(H,13,14). The van der Waals surface area contributed by atoms with Crippen LogP contribution in [0.1, 0.15) is 5.56 Å². The van der Waals surface area contributed by atoms with E-state index in [9.17, 15) is 13.2 Å². The Hall–Kier alpha value is -1.27. The minimum absolute atomic E-state index is 0.280. The predicted molar refractivity (Wildman–Crippen MR) is 66.0 cm³/mol. The van der Waals surface area contributed by atoms with Crippen molar-refractivity contribution in [1.82, 2.24) is 0 Å². The van der Waals surface area contributed by atoms with Crippen molar-refractivity contribution in [3.8, 4) is 0 Å². The van der Waals surface area contributed by atoms with Gasteiger partial charge in [-0.3, -0.25) is 9.10 Å². The lowest BCUT2D eigenvalue weighted by molar-refractivity contribution is -0.135. The monoisotopic (exact) mass is 277 g/mol. The molecule has 1 rings (SSSR count). The van der Waals surface area contributed by atoms with Crippen molar-refractivity contribution in [2.24, 2.45) is 0 Å². The van der Waals surface area contributed by atoms with E-state index in [1.807, 2.05) is 0 Å². The van der Waals surface area contributed by atoms with E-state index in [0.29, 0.717) is 10.6 Å². The topological polar surface area (TPSA) is 74.7 Å². The van der Waals surface area contributed by atoms with Crippen LogP contribution in [0.5, 0.6) is 0 Å². The number of aliphatic carboxylic acids is 1. The lowest BCUT2D eigenvalue weighted by Crippen LogP contribution is -2.35. The SMILES string of the molecule is Cc1ccc(Cl)cc1N(CC(=O)O)S(C)(=O)=O. The van der Waals surface area contributed by atoms with E-state index >= 15 is 0 Å². The van der Waals surface area contributed by atoms with Gasteiger partial charge >= 0.3 is 5.97 Å². The fourth-order valence-corrected chi connectivity index (χ4v) is 2.42. The minimum atomic E-state index is -3.66. The zero-order valence-electron chi connectivity index (χ0n) is 9.34. The summed E-state index contributed by atoms with van der Waals surface area (Å²) in [5.41, 5.74) is 0.920. The third-order valence-corrected chi connectivity index (χ3v) is 3.48. The molecule has 0 bridgehead atoms. The molecule has 0 aliphatic heterocycles. The number of rotatable bonds is 4. The largest absolute Gasteiger partial charge is 0.480 e. The Morgan fingerprint density at radius 3 is 2.53 bits per heavy atom. The summed E-state index contributed by atoms with van der Waals surface area (Å²) < 4.78 is 23.9. The second kappa shape index (κ2) is 4.93. The molecule has 0 aliphatic carbocycles. The van der Waals surface area contributed by atoms with E-state index in [1.165, 1.54) is 6.07 Å². The normalized spacial score (nSPS) is 11.2. The van der Waals surface area contributed by atoms with Gasteiger partial charge in [-0.25, -0.2) is 8.42 Å². The predicted octanol–water partition coefficient (Wildman–Crippen LogP) is 1.50. The number of hydrogen-bond acceptors (Lipinski definition) is 3. The minimum Gasteiger partial charge on any atom is -0.480 e. The van der Waals surface area contributed by atoms with E-state index in [1.54, 1.807) is 19.1 Å². The van der Waals surface area contributed by atoms with Gasteiger partial charge in [-0.2, -0.15) is 0 Å². The summed E-state index contributed by atoms with van der Waals surface area (Å²) in [5, 5.41) is 9.08. The molecule has 0 fully saturated rings. The van der Waals surface area contributed by atoms with Crippen LogP contribution in [-0.2, 0) is 14.8 Å². The Morgan fingerprint density at radius 2 is 2.06 bits per heavy atom. The average Bonchev–Trinajstić information content (AvgIpc) is 2.16. The summed E-state index contributed by atoms with van der Waals surface area (Å²) in [6.07, 6.45) is 0.955. The van der Waals surface area contributed by atoms with E-state index in [0.717, 1.165) is 10.6 Å². The molecule has 0 saturated carbocycles. The molecule has 0 aromatic heterocycles. The smallest absolute Gasteiger partial charge is 0.324 e. The number of sulfonamides is 1. The lowest BCUT2D eigenvalue weighted by Gasteiger charge is -2.22. The summed E-state index contributed by atoms with van der Waals surface area (Å²) >= 11 is 5.78. The Balaban J connectivity index is 3.31. The van der Waals surface area contributed by atoms with Gasteiger partial charge in [0.15, 0.2) is 0 Å². The van der Waals surface area contributed by atoms with Crippen LogP contribution < -0.4 is 4.31 Å². The fourth-order valence-electron chi connectivity index (χ4n) is 1.36. The Labute approximate surface area is 105 Å². The first-order valence-electron chi connectivity index (χ1n) is 4.67. The van der Waals surface area contributed by atoms with Gasteiger partial charge in [-0.15, -0.1) is 0 Å². The summed E-state index contributed by atoms with van der Waals surface area (Å²) in [6, 6.07) is 4.68. The molecule has 0 atom stereocenters. The molecule has 0 aliphatic rings. The Bertz CT molecular complexity index is 541. The van der Waals surface area contributed by atoms with Crippen molar-refractivity contribution in [2.45, 2.75) is 6.92 Å². The summed E-state index contributed by atoms with van der Waals surface area (Å²) in [7, 11) is -3.66. The van der Waals surface area contributed by atoms with Crippen LogP contribution in [0.25, 0.3) is 0 Å². The third-order valence-electron chi connectivity index (χ3n) is 2.12. The summed E-state index contributed by atoms with van der Waals surface area (Å²) in [5.74, 6) is -1.23. The van der Waals surface area contributed by atoms with Crippen LogP contribution in [0.4, 0.5) is 5.69 Å². The third kappa shape index (κ3) is 3.61. The number of carbonyl (C=O) groups is 1. The van der Waals surface area contributed by atoms with Crippen LogP contribution in [0.15, 0.2) is 18.2 Å². The van der Waals surface area contributed by atoms with Gasteiger partial charge in [0.25, 0.3) is 0 Å². The van der Waals surface area contributed by atoms with Crippen molar-refractivity contribution >= 4 is 33.3 Å². The Morgan fingerprint density at radius 1 is 1.47 bits per heavy atom. The van der Waals surface area contributed by atoms with Crippen molar-refractivity contribution < 1.29 is 18.3 Å². The van der Waals surface area contributed by atoms with Crippen LogP contribution in [0.3, 0.4) is 0 Å². The van der Waals surface area contributed by atoms with E-state index in [4.69, 9.17) is 16.7 Å². The molecule has 0 heterocycles. The number of hydrogen-bond donors (Lipinski definition) is 1. The molecule has 17 heavy (non-hydrogen) atoms. The number of benzene rings is 1. The van der Waals surface area contributed by atoms with Crippen LogP contribution in [-0.4, -0.2) is 32.3 Å². The van der Waals surface area contributed by atoms with Gasteiger partial charge in [0, 0.05) is 5.02 Å². The molecular formula is C10H12ClNO4S. The van der Waals surface area contributed by atoms with Gasteiger partial charge in [0.2, 0.25) is 10.0 Å². The number of aryl methyl sites for hydroxylation is 1. The molecule has 0 amide bonds. The molecule has 1 aromatic carbocycles. The molecule has 0 unspecified atom stereocenters. The highest BCUT2D eigenvalue weighted by Gasteiger charge is 2.22. The highest BCUT2D eigenvalue weighted by molar-refractivity contribution is 7.92. The van der Waals surface area contributed by atoms with Crippen molar-refractivity contribution in [1.29, 1.82) is 0 Å². The number of nitrogens with zero attached hydrogens (tertiary/aromatic N) is 1. The average molecular weight is 278 g/mol. The number of halogens is 1. The zero-order chi connectivity index (χ0) is 13.2. The highest BCUT2D eigenvalue weighted by Crippen LogP contribution is 2.25. The lowest BCUT2D eigenvalue weighted by atomic mass is 10.2. The van der Waals surface area contributed by atoms with Gasteiger partial charge in [-0.05, 0) is 24.6 Å². The molecular weight excluding hydrogens is 266 g/mol. The summed E-state index contributed by atoms with van der Waals surface area (Å²) in [6.45, 7) is 1.06. The molecule has 7 heteroatoms. The van der Waals surface area contributed by atoms with E-state index in [2.05, 4.69) is 0 Å². The van der Waals surface area contributed by atoms with Crippen LogP contribution >= 0.6 is 11.6 Å². The number of carboxylic acids is 1. The number of carboxylic acid groups (broad SMARTS) is 1. The molecule has 0 spiro atoms. The molecule has 5 nitrogen and oxygen atoms in total. The van der Waals surface area contributed by atoms with Crippen molar-refractivity contribution in [2.75, 3.05) is 17.1 Å². The van der Waals surface area contributed by atoms with E-state index in [-0.39, 0.29) is 5.69 Å². The molecule has 1 aromatic rings. The van der Waals surface area contributed by atoms with Gasteiger partial charge in [0.1, 0.15) is 6.54 Å². The van der Waals surface area contributed by atoms with Crippen LogP contribution in [0.2, 0.25) is 5.02 Å². The second-order valence-electron chi connectivity index (χ2n) is 3.59. The van der Waals surface area contributed by atoms with Gasteiger partial charge in [-0.1, -0.05) is 17.7 Å². The maximum Gasteiger partial charge on any atom is 0.324 e. The van der Waals surface area contributed by atoms with Crippen molar-refractivity contribution in [3.63, 3.8) is 0 Å². The molecule has 94 valence electrons. The highest BCUT2D eigenvalue weighted by atomic mass is 35.5. The maximum absolute atomic E-state index is 11.6. The number of anilines is 1. The maximum atomic E-state index is 11.6. The molecule has 0 radical (unpaired) electrons. The quantitative estimate of drug-likeness (QED) is 0.905. The molecule has 0 saturated heterocycles. The fraction of sp³-hybridized carbons (Fsp3) is 0.300. The second-order valence-corrected chi connectivity index (χ2v) is 5.94. The Kier molecular flexibility index (Phi) is 4.00. The van der Waals surface area contributed by atoms with Gasteiger partial charge < -0.3 is 5.11 Å². The van der Waals surface area contributed by atoms with E-state index < -0.39 is 22.5 Å². The van der Waals surface area contributed by atoms with Gasteiger partial charge in [0.05, 0.1) is 11.9 Å². The first-order chi connectivity index (χ1) is 7.71. The summed E-state index contributed by atoms with van der Waals surface area (Å²) in [4.78, 5) is 10.7. The first-order valence-corrected chi connectivity index (χ1v) is 6.90. The first kappa shape index (κ1) is 13.8. The molecule has 1 N–H and O–H groups in total. The zero-order valence-corrected chi connectivity index (χ0v) is 10.9. The van der Waals surface area contributed by atoms with Crippen LogP contribution in [0, 0.1) is 6.92 Å².